The number of pyridine rings is 1. The van der Waals surface area contributed by atoms with Gasteiger partial charge in [0.1, 0.15) is 5.82 Å². The summed E-state index contributed by atoms with van der Waals surface area (Å²) < 4.78 is 14.2. The van der Waals surface area contributed by atoms with E-state index in [2.05, 4.69) is 519 Å². The molecule has 0 spiro atoms. The molecule has 0 fully saturated rings. The molecule has 0 amide bonds. The topological polar surface area (TPSA) is 94.0 Å². The van der Waals surface area contributed by atoms with Crippen molar-refractivity contribution in [1.82, 2.24) is 52.3 Å². The van der Waals surface area contributed by atoms with Crippen molar-refractivity contribution < 1.29 is 0 Å². The van der Waals surface area contributed by atoms with E-state index in [-0.39, 0.29) is 0 Å². The molecule has 0 saturated carbocycles. The fourth-order valence-corrected chi connectivity index (χ4v) is 22.9. The summed E-state index contributed by atoms with van der Waals surface area (Å²) in [5.74, 6) is 2.22. The zero-order valence-corrected chi connectivity index (χ0v) is 77.8. The Bertz CT molecular complexity index is 10600. The van der Waals surface area contributed by atoms with Crippen molar-refractivity contribution in [3.8, 4) is 79.7 Å². The summed E-state index contributed by atoms with van der Waals surface area (Å²) >= 11 is 0. The highest BCUT2D eigenvalue weighted by Crippen LogP contribution is 2.49. The van der Waals surface area contributed by atoms with Gasteiger partial charge in [0.25, 0.3) is 0 Å². The summed E-state index contributed by atoms with van der Waals surface area (Å²) in [6, 6.07) is 180. The van der Waals surface area contributed by atoms with Gasteiger partial charge >= 0.3 is 0 Å². The quantitative estimate of drug-likeness (QED) is 0.127. The predicted molar refractivity (Wildman–Crippen MR) is 601 cm³/mol. The molecule has 22 aromatic carbocycles. The van der Waals surface area contributed by atoms with Gasteiger partial charge in [0.05, 0.1) is 94.3 Å². The molecule has 0 aliphatic heterocycles. The molecule has 670 valence electrons. The van der Waals surface area contributed by atoms with E-state index in [0.29, 0.717) is 11.9 Å². The van der Waals surface area contributed by atoms with Crippen LogP contribution in [0.5, 0.6) is 0 Å². The Balaban J connectivity index is 0.000000103. The van der Waals surface area contributed by atoms with E-state index in [1.807, 2.05) is 12.1 Å². The number of fused-ring (bicyclic) bond motifs is 28. The Morgan fingerprint density at radius 3 is 0.868 bits per heavy atom. The Labute approximate surface area is 825 Å². The first-order valence-corrected chi connectivity index (χ1v) is 49.0. The van der Waals surface area contributed by atoms with Crippen LogP contribution < -0.4 is 0 Å². The van der Waals surface area contributed by atoms with Gasteiger partial charge in [0.15, 0.2) is 0 Å². The molecule has 0 aliphatic rings. The normalized spacial score (nSPS) is 11.9. The maximum absolute atomic E-state index is 5.42. The highest BCUT2D eigenvalue weighted by molar-refractivity contribution is 6.28. The third-order valence-electron chi connectivity index (χ3n) is 29.3. The molecule has 0 N–H and O–H groups in total. The second-order valence-electron chi connectivity index (χ2n) is 37.3. The van der Waals surface area contributed by atoms with E-state index in [0.717, 1.165) is 133 Å². The Morgan fingerprint density at radius 1 is 0.153 bits per heavy atom. The van der Waals surface area contributed by atoms with Gasteiger partial charge in [-0.2, -0.15) is 0 Å². The average Bonchev–Trinajstić information content (AvgIpc) is 1.55. The number of aromatic nitrogens is 11. The maximum atomic E-state index is 5.42. The second-order valence-corrected chi connectivity index (χ2v) is 37.3. The lowest BCUT2D eigenvalue weighted by Crippen LogP contribution is -2.04. The molecular weight excluding hydrogens is 1750 g/mol. The summed E-state index contributed by atoms with van der Waals surface area (Å²) in [4.78, 5) is 26.7. The van der Waals surface area contributed by atoms with Crippen LogP contribution in [0.2, 0.25) is 0 Å². The fourth-order valence-electron chi connectivity index (χ4n) is 22.9. The predicted octanol–water partition coefficient (Wildman–Crippen LogP) is 34.2. The van der Waals surface area contributed by atoms with E-state index < -0.39 is 0 Å². The monoisotopic (exact) mass is 1830 g/mol. The minimum Gasteiger partial charge on any atom is -0.309 e. The van der Waals surface area contributed by atoms with Crippen molar-refractivity contribution in [3.05, 3.63) is 504 Å². The summed E-state index contributed by atoms with van der Waals surface area (Å²) in [5, 5.41) is 26.4. The van der Waals surface area contributed by atoms with E-state index in [9.17, 15) is 0 Å². The molecule has 0 radical (unpaired) electrons. The zero-order chi connectivity index (χ0) is 94.6. The second kappa shape index (κ2) is 33.1. The summed E-state index contributed by atoms with van der Waals surface area (Å²) in [5.41, 5.74) is 27.3. The van der Waals surface area contributed by atoms with Gasteiger partial charge in [0.2, 0.25) is 11.9 Å². The molecule has 0 bridgehead atoms. The van der Waals surface area contributed by atoms with Crippen molar-refractivity contribution in [2.75, 3.05) is 0 Å². The lowest BCUT2D eigenvalue weighted by atomic mass is 10.0. The van der Waals surface area contributed by atoms with E-state index in [1.165, 1.54) is 130 Å². The number of rotatable bonds is 10. The van der Waals surface area contributed by atoms with Gasteiger partial charge in [-0.3, -0.25) is 13.7 Å². The van der Waals surface area contributed by atoms with E-state index >= 15 is 0 Å². The molecule has 9 aromatic heterocycles. The van der Waals surface area contributed by atoms with Gasteiger partial charge < -0.3 is 13.7 Å². The smallest absolute Gasteiger partial charge is 0.235 e. The van der Waals surface area contributed by atoms with Crippen LogP contribution in [0.1, 0.15) is 0 Å². The molecule has 31 aromatic rings. The SMILES string of the molecule is c1ccc(-c2cc(-c3ccccc3)nc(-n3c4ccccc4c4cc5c6ccc7ccccc7c6n(-c6ccccc6)c5cc43)n2)cc1.c1ccc(-c2cc(-n3c4ccccc4c4cc5c6ccc7ccccc7c6n(-c6ccccc6)c5cc43)nc3ccccc23)cc1.c1ccc(-c2nc(-n3c4ccccc4c4cc5c6ccc7ccccc7c6n(-c6ccccc6)c5cc43)nc3c2ccc2ccccc23)cc1. The lowest BCUT2D eigenvalue weighted by Gasteiger charge is -2.13. The standard InChI is InChI=1S/C46H28N4.C44H28N4.C43H27N3/c1-3-15-31(16-4-1)43-37-26-24-29-13-7-9-19-33(29)44(37)48-46(47-43)50-40-22-12-11-21-35(40)38-27-39-36-25-23-30-14-8-10-20-34(30)45(36)49(41(39)28-42(38)50)32-17-5-2-6-18-32;1-4-15-30(16-5-1)38-27-39(31-17-6-2-7-18-31)46-44(45-38)48-40-23-13-12-22-34(40)36-26-37-35-25-24-29-14-10-11-21-33(29)43(35)47(41(37)28-42(36)48)32-19-8-3-9-20-32;1-3-13-28(14-4-1)35-26-42(44-38-21-11-9-19-32(35)38)46-39-22-12-10-20-33(39)36-25-37-34-24-23-29-15-7-8-18-31(29)43(34)45(40(37)27-41(36)46)30-16-5-2-6-17-30/h1-28H;1-28H;1-27H. The van der Waals surface area contributed by atoms with Gasteiger partial charge in [-0.25, -0.2) is 24.9 Å². The highest BCUT2D eigenvalue weighted by atomic mass is 15.2. The van der Waals surface area contributed by atoms with Crippen molar-refractivity contribution in [3.63, 3.8) is 0 Å². The Morgan fingerprint density at radius 2 is 0.451 bits per heavy atom. The van der Waals surface area contributed by atoms with Crippen LogP contribution in [0.15, 0.2) is 504 Å². The summed E-state index contributed by atoms with van der Waals surface area (Å²) in [7, 11) is 0. The van der Waals surface area contributed by atoms with Crippen LogP contribution in [0, 0.1) is 0 Å². The highest BCUT2D eigenvalue weighted by Gasteiger charge is 2.28. The molecular formula is C133H83N11. The third kappa shape index (κ3) is 13.0. The molecule has 0 unspecified atom stereocenters. The number of nitrogens with zero attached hydrogens (tertiary/aromatic N) is 11. The molecule has 9 heterocycles. The molecule has 144 heavy (non-hydrogen) atoms. The molecule has 0 aliphatic carbocycles. The van der Waals surface area contributed by atoms with Crippen molar-refractivity contribution >= 4 is 196 Å². The zero-order valence-electron chi connectivity index (χ0n) is 77.8. The fraction of sp³-hybridized carbons (Fsp3) is 0. The van der Waals surface area contributed by atoms with Gasteiger partial charge in [-0.1, -0.05) is 388 Å². The molecule has 0 atom stereocenters. The van der Waals surface area contributed by atoms with E-state index in [4.69, 9.17) is 24.9 Å². The first-order chi connectivity index (χ1) is 71.5. The number of hydrogen-bond donors (Lipinski definition) is 0. The van der Waals surface area contributed by atoms with Crippen LogP contribution in [0.3, 0.4) is 0 Å². The van der Waals surface area contributed by atoms with Crippen molar-refractivity contribution in [2.45, 2.75) is 0 Å². The van der Waals surface area contributed by atoms with Crippen LogP contribution >= 0.6 is 0 Å². The first kappa shape index (κ1) is 81.7. The van der Waals surface area contributed by atoms with Gasteiger partial charge in [-0.05, 0) is 148 Å². The third-order valence-corrected chi connectivity index (χ3v) is 29.3. The van der Waals surface area contributed by atoms with Gasteiger partial charge in [-0.15, -0.1) is 0 Å². The van der Waals surface area contributed by atoms with Crippen LogP contribution in [-0.2, 0) is 0 Å². The van der Waals surface area contributed by atoms with Crippen LogP contribution in [0.25, 0.3) is 275 Å². The maximum Gasteiger partial charge on any atom is 0.235 e. The van der Waals surface area contributed by atoms with Crippen LogP contribution in [0.4, 0.5) is 0 Å². The van der Waals surface area contributed by atoms with Crippen molar-refractivity contribution in [1.29, 1.82) is 0 Å². The lowest BCUT2D eigenvalue weighted by molar-refractivity contribution is 0.995. The molecule has 11 nitrogen and oxygen atoms in total. The number of hydrogen-bond acceptors (Lipinski definition) is 5. The Kier molecular flexibility index (Phi) is 18.8. The number of benzene rings is 22. The first-order valence-electron chi connectivity index (χ1n) is 49.0. The molecule has 0 saturated heterocycles. The summed E-state index contributed by atoms with van der Waals surface area (Å²) in [6.45, 7) is 0. The minimum absolute atomic E-state index is 0.647. The molecule has 31 rings (SSSR count). The minimum atomic E-state index is 0.647. The largest absolute Gasteiger partial charge is 0.309 e. The average molecular weight is 1840 g/mol. The van der Waals surface area contributed by atoms with E-state index in [1.54, 1.807) is 0 Å². The van der Waals surface area contributed by atoms with Crippen molar-refractivity contribution in [2.24, 2.45) is 0 Å². The summed E-state index contributed by atoms with van der Waals surface area (Å²) in [6.07, 6.45) is 0. The van der Waals surface area contributed by atoms with Gasteiger partial charge in [0, 0.05) is 131 Å². The Hall–Kier alpha value is -19.5. The molecule has 11 heteroatoms. The number of para-hydroxylation sites is 7. The van der Waals surface area contributed by atoms with Crippen LogP contribution in [-0.4, -0.2) is 52.3 Å².